The molecule has 0 spiro atoms. The number of carbonyl (C=O) groups excluding carboxylic acids is 2. The van der Waals surface area contributed by atoms with Crippen molar-refractivity contribution in [2.75, 3.05) is 40.4 Å². The average molecular weight is 414 g/mol. The zero-order valence-electron chi connectivity index (χ0n) is 17.0. The molecule has 1 fully saturated rings. The number of hydrogen-bond acceptors (Lipinski definition) is 6. The first-order chi connectivity index (χ1) is 13.8. The number of likely N-dealkylation sites (N-methyl/N-ethyl adjacent to an activating group) is 1. The number of halogens is 2. The van der Waals surface area contributed by atoms with Gasteiger partial charge in [-0.05, 0) is 44.5 Å². The van der Waals surface area contributed by atoms with Crippen LogP contribution >= 0.6 is 0 Å². The summed E-state index contributed by atoms with van der Waals surface area (Å²) in [6.07, 6.45) is 1.22. The maximum Gasteiger partial charge on any atom is 0.387 e. The molecule has 2 rings (SSSR count). The molecule has 0 radical (unpaired) electrons. The maximum atomic E-state index is 12.5. The molecule has 1 heterocycles. The second-order valence-corrected chi connectivity index (χ2v) is 6.94. The van der Waals surface area contributed by atoms with Crippen molar-refractivity contribution in [1.29, 1.82) is 0 Å². The molecule has 1 aliphatic rings. The Hall–Kier alpha value is -2.42. The highest BCUT2D eigenvalue weighted by molar-refractivity contribution is 5.79. The number of piperidine rings is 1. The van der Waals surface area contributed by atoms with E-state index in [1.165, 1.54) is 13.2 Å². The number of hydrogen-bond donors (Lipinski definition) is 0. The molecule has 1 aromatic rings. The fourth-order valence-corrected chi connectivity index (χ4v) is 3.33. The molecule has 9 heteroatoms. The number of esters is 1. The zero-order chi connectivity index (χ0) is 21.4. The van der Waals surface area contributed by atoms with E-state index in [4.69, 9.17) is 9.47 Å². The van der Waals surface area contributed by atoms with E-state index in [-0.39, 0.29) is 35.8 Å². The van der Waals surface area contributed by atoms with Crippen molar-refractivity contribution in [1.82, 2.24) is 9.80 Å². The van der Waals surface area contributed by atoms with Crippen molar-refractivity contribution in [3.63, 3.8) is 0 Å². The van der Waals surface area contributed by atoms with Crippen LogP contribution in [-0.4, -0.2) is 68.7 Å². The molecule has 1 aliphatic heterocycles. The number of methoxy groups -OCH3 is 1. The molecule has 1 amide bonds. The molecule has 0 aliphatic carbocycles. The minimum absolute atomic E-state index is 0.0144. The lowest BCUT2D eigenvalue weighted by atomic mass is 9.97. The highest BCUT2D eigenvalue weighted by atomic mass is 19.3. The lowest BCUT2D eigenvalue weighted by Gasteiger charge is -2.32. The number of carbonyl (C=O) groups is 2. The normalized spacial score (nSPS) is 14.9. The SMILES string of the molecule is CCOC(=O)C1CCN(C(=O)CN(C)Cc2ccc(OC(F)F)c(OC)c2)CC1. The van der Waals surface area contributed by atoms with Gasteiger partial charge in [0.1, 0.15) is 0 Å². The second kappa shape index (κ2) is 10.9. The van der Waals surface area contributed by atoms with Crippen LogP contribution in [0.4, 0.5) is 8.78 Å². The van der Waals surface area contributed by atoms with E-state index in [1.54, 1.807) is 31.0 Å². The quantitative estimate of drug-likeness (QED) is 0.579. The molecular formula is C20H28F2N2O5. The summed E-state index contributed by atoms with van der Waals surface area (Å²) in [5.41, 5.74) is 0.805. The number of amides is 1. The Morgan fingerprint density at radius 1 is 1.24 bits per heavy atom. The molecule has 0 aromatic heterocycles. The first kappa shape index (κ1) is 22.9. The van der Waals surface area contributed by atoms with Crippen LogP contribution in [0.1, 0.15) is 25.3 Å². The molecule has 0 bridgehead atoms. The minimum Gasteiger partial charge on any atom is -0.493 e. The third-order valence-corrected chi connectivity index (χ3v) is 4.77. The molecule has 162 valence electrons. The van der Waals surface area contributed by atoms with Gasteiger partial charge in [0.2, 0.25) is 5.91 Å². The molecule has 1 saturated heterocycles. The number of ether oxygens (including phenoxy) is 3. The van der Waals surface area contributed by atoms with Gasteiger partial charge in [-0.3, -0.25) is 14.5 Å². The van der Waals surface area contributed by atoms with E-state index in [0.29, 0.717) is 39.1 Å². The average Bonchev–Trinajstić information content (AvgIpc) is 2.69. The zero-order valence-corrected chi connectivity index (χ0v) is 17.0. The van der Waals surface area contributed by atoms with Gasteiger partial charge in [-0.1, -0.05) is 6.07 Å². The molecule has 0 N–H and O–H groups in total. The standard InChI is InChI=1S/C20H28F2N2O5/c1-4-28-19(26)15-7-9-24(10-8-15)18(25)13-23(2)12-14-5-6-16(29-20(21)22)17(11-14)27-3/h5-6,11,15,20H,4,7-10,12-13H2,1-3H3. The van der Waals surface area contributed by atoms with Crippen molar-refractivity contribution < 1.29 is 32.6 Å². The summed E-state index contributed by atoms with van der Waals surface area (Å²) in [6.45, 7) is 0.929. The van der Waals surface area contributed by atoms with Crippen LogP contribution in [0.2, 0.25) is 0 Å². The lowest BCUT2D eigenvalue weighted by molar-refractivity contribution is -0.151. The van der Waals surface area contributed by atoms with Crippen LogP contribution in [-0.2, 0) is 20.9 Å². The van der Waals surface area contributed by atoms with E-state index in [0.717, 1.165) is 5.56 Å². The number of nitrogens with zero attached hydrogens (tertiary/aromatic N) is 2. The third-order valence-electron chi connectivity index (χ3n) is 4.77. The molecule has 0 atom stereocenters. The van der Waals surface area contributed by atoms with Gasteiger partial charge in [-0.2, -0.15) is 8.78 Å². The van der Waals surface area contributed by atoms with Gasteiger partial charge in [0.15, 0.2) is 11.5 Å². The number of rotatable bonds is 9. The number of likely N-dealkylation sites (tertiary alicyclic amines) is 1. The van der Waals surface area contributed by atoms with Gasteiger partial charge in [0.25, 0.3) is 0 Å². The molecule has 0 saturated carbocycles. The summed E-state index contributed by atoms with van der Waals surface area (Å²) in [5, 5.41) is 0. The fourth-order valence-electron chi connectivity index (χ4n) is 3.33. The van der Waals surface area contributed by atoms with E-state index in [9.17, 15) is 18.4 Å². The number of alkyl halides is 2. The third kappa shape index (κ3) is 6.85. The van der Waals surface area contributed by atoms with Crippen LogP contribution in [0.3, 0.4) is 0 Å². The Morgan fingerprint density at radius 3 is 2.52 bits per heavy atom. The van der Waals surface area contributed by atoms with Crippen molar-refractivity contribution in [3.8, 4) is 11.5 Å². The second-order valence-electron chi connectivity index (χ2n) is 6.94. The Kier molecular flexibility index (Phi) is 8.63. The summed E-state index contributed by atoms with van der Waals surface area (Å²) in [5.74, 6) is -0.166. The van der Waals surface area contributed by atoms with Crippen molar-refractivity contribution in [3.05, 3.63) is 23.8 Å². The summed E-state index contributed by atoms with van der Waals surface area (Å²) in [4.78, 5) is 27.9. The van der Waals surface area contributed by atoms with Gasteiger partial charge in [0, 0.05) is 19.6 Å². The highest BCUT2D eigenvalue weighted by Gasteiger charge is 2.28. The Balaban J connectivity index is 1.85. The van der Waals surface area contributed by atoms with Crippen LogP contribution < -0.4 is 9.47 Å². The Bertz CT molecular complexity index is 693. The van der Waals surface area contributed by atoms with Crippen LogP contribution in [0.25, 0.3) is 0 Å². The van der Waals surface area contributed by atoms with Gasteiger partial charge >= 0.3 is 12.6 Å². The van der Waals surface area contributed by atoms with E-state index in [1.807, 2.05) is 4.90 Å². The summed E-state index contributed by atoms with van der Waals surface area (Å²) >= 11 is 0. The molecule has 7 nitrogen and oxygen atoms in total. The Morgan fingerprint density at radius 2 is 1.93 bits per heavy atom. The van der Waals surface area contributed by atoms with Crippen LogP contribution in [0.15, 0.2) is 18.2 Å². The predicted molar refractivity (Wildman–Crippen MR) is 102 cm³/mol. The van der Waals surface area contributed by atoms with Crippen LogP contribution in [0, 0.1) is 5.92 Å². The smallest absolute Gasteiger partial charge is 0.387 e. The first-order valence-corrected chi connectivity index (χ1v) is 9.58. The minimum atomic E-state index is -2.93. The predicted octanol–water partition coefficient (Wildman–Crippen LogP) is 2.53. The summed E-state index contributed by atoms with van der Waals surface area (Å²) in [7, 11) is 3.18. The maximum absolute atomic E-state index is 12.5. The summed E-state index contributed by atoms with van der Waals surface area (Å²) in [6, 6.07) is 4.70. The molecule has 1 aromatic carbocycles. The van der Waals surface area contributed by atoms with Crippen molar-refractivity contribution in [2.45, 2.75) is 32.9 Å². The van der Waals surface area contributed by atoms with E-state index in [2.05, 4.69) is 4.74 Å². The largest absolute Gasteiger partial charge is 0.493 e. The molecule has 0 unspecified atom stereocenters. The fraction of sp³-hybridized carbons (Fsp3) is 0.600. The van der Waals surface area contributed by atoms with Crippen molar-refractivity contribution >= 4 is 11.9 Å². The van der Waals surface area contributed by atoms with E-state index >= 15 is 0 Å². The lowest BCUT2D eigenvalue weighted by Crippen LogP contribution is -2.44. The Labute approximate surface area is 169 Å². The monoisotopic (exact) mass is 414 g/mol. The topological polar surface area (TPSA) is 68.3 Å². The van der Waals surface area contributed by atoms with E-state index < -0.39 is 6.61 Å². The number of benzene rings is 1. The van der Waals surface area contributed by atoms with Gasteiger partial charge in [-0.25, -0.2) is 0 Å². The summed E-state index contributed by atoms with van der Waals surface area (Å²) < 4.78 is 39.4. The highest BCUT2D eigenvalue weighted by Crippen LogP contribution is 2.29. The van der Waals surface area contributed by atoms with Gasteiger partial charge in [-0.15, -0.1) is 0 Å². The first-order valence-electron chi connectivity index (χ1n) is 9.58. The van der Waals surface area contributed by atoms with Crippen molar-refractivity contribution in [2.24, 2.45) is 5.92 Å². The molecule has 29 heavy (non-hydrogen) atoms. The van der Waals surface area contributed by atoms with Gasteiger partial charge < -0.3 is 19.1 Å². The molecular weight excluding hydrogens is 386 g/mol. The van der Waals surface area contributed by atoms with Crippen LogP contribution in [0.5, 0.6) is 11.5 Å². The van der Waals surface area contributed by atoms with Gasteiger partial charge in [0.05, 0.1) is 26.2 Å².